The lowest BCUT2D eigenvalue weighted by molar-refractivity contribution is -0.140. The number of likely N-dealkylation sites (N-methyl/N-ethyl adjacent to an activating group) is 1. The molecule has 0 aliphatic heterocycles. The Kier molecular flexibility index (Phi) is 10.6. The highest BCUT2D eigenvalue weighted by molar-refractivity contribution is 7.92. The lowest BCUT2D eigenvalue weighted by Crippen LogP contribution is -2.52. The molecule has 3 rings (SSSR count). The molecule has 0 bridgehead atoms. The molecule has 3 aromatic rings. The van der Waals surface area contributed by atoms with Gasteiger partial charge in [-0.1, -0.05) is 43.3 Å². The zero-order chi connectivity index (χ0) is 29.3. The molecule has 0 spiro atoms. The lowest BCUT2D eigenvalue weighted by Gasteiger charge is -2.33. The number of ether oxygens (including phenoxy) is 2. The fraction of sp³-hybridized carbons (Fsp3) is 0.333. The molecule has 0 unspecified atom stereocenters. The predicted octanol–water partition coefficient (Wildman–Crippen LogP) is 4.15. The molecule has 0 aliphatic rings. The molecule has 1 N–H and O–H groups in total. The molecule has 1 atom stereocenters. The minimum absolute atomic E-state index is 0.0202. The summed E-state index contributed by atoms with van der Waals surface area (Å²) in [6.07, 6.45) is 0.351. The number of nitrogens with zero attached hydrogens (tertiary/aromatic N) is 2. The number of benzene rings is 3. The molecule has 0 radical (unpaired) electrons. The third kappa shape index (κ3) is 6.93. The monoisotopic (exact) mass is 567 g/mol. The second-order valence-corrected chi connectivity index (χ2v) is 11.0. The van der Waals surface area contributed by atoms with E-state index in [4.69, 9.17) is 9.47 Å². The van der Waals surface area contributed by atoms with Crippen molar-refractivity contribution < 1.29 is 27.5 Å². The largest absolute Gasteiger partial charge is 0.497 e. The van der Waals surface area contributed by atoms with Crippen LogP contribution in [0.4, 0.5) is 5.69 Å². The Hall–Kier alpha value is -4.05. The van der Waals surface area contributed by atoms with Crippen LogP contribution in [0.1, 0.15) is 31.4 Å². The summed E-state index contributed by atoms with van der Waals surface area (Å²) < 4.78 is 39.7. The number of carbonyl (C=O) groups is 2. The van der Waals surface area contributed by atoms with Gasteiger partial charge in [0.15, 0.2) is 0 Å². The summed E-state index contributed by atoms with van der Waals surface area (Å²) in [4.78, 5) is 28.6. The zero-order valence-electron chi connectivity index (χ0n) is 23.6. The summed E-state index contributed by atoms with van der Waals surface area (Å²) in [5, 5.41) is 2.81. The van der Waals surface area contributed by atoms with Crippen molar-refractivity contribution in [3.05, 3.63) is 83.9 Å². The topological polar surface area (TPSA) is 105 Å². The maximum Gasteiger partial charge on any atom is 0.264 e. The molecule has 214 valence electrons. The normalized spacial score (nSPS) is 11.8. The average Bonchev–Trinajstić information content (AvgIpc) is 2.96. The molecule has 3 aromatic carbocycles. The van der Waals surface area contributed by atoms with E-state index in [1.54, 1.807) is 36.4 Å². The Morgan fingerprint density at radius 2 is 1.55 bits per heavy atom. The molecule has 2 amide bonds. The van der Waals surface area contributed by atoms with Crippen LogP contribution in [0.5, 0.6) is 11.5 Å². The summed E-state index contributed by atoms with van der Waals surface area (Å²) in [5.41, 5.74) is 2.02. The van der Waals surface area contributed by atoms with E-state index in [-0.39, 0.29) is 28.8 Å². The summed E-state index contributed by atoms with van der Waals surface area (Å²) in [7, 11) is -1.31. The van der Waals surface area contributed by atoms with Crippen LogP contribution in [0.25, 0.3) is 0 Å². The van der Waals surface area contributed by atoms with Gasteiger partial charge < -0.3 is 19.7 Å². The average molecular weight is 568 g/mol. The van der Waals surface area contributed by atoms with Crippen LogP contribution < -0.4 is 19.1 Å². The number of nitrogens with one attached hydrogen (secondary N) is 1. The number of hydrogen-bond donors (Lipinski definition) is 1. The summed E-state index contributed by atoms with van der Waals surface area (Å²) in [6.45, 7) is 5.56. The van der Waals surface area contributed by atoms with Gasteiger partial charge in [-0.3, -0.25) is 13.9 Å². The van der Waals surface area contributed by atoms with Gasteiger partial charge in [-0.25, -0.2) is 8.42 Å². The van der Waals surface area contributed by atoms with Crippen LogP contribution in [0.15, 0.2) is 77.7 Å². The van der Waals surface area contributed by atoms with Crippen molar-refractivity contribution in [2.75, 3.05) is 31.6 Å². The van der Waals surface area contributed by atoms with Crippen molar-refractivity contribution >= 4 is 27.5 Å². The first-order valence-corrected chi connectivity index (χ1v) is 14.5. The molecule has 0 aromatic heterocycles. The Balaban J connectivity index is 2.11. The maximum atomic E-state index is 14.1. The van der Waals surface area contributed by atoms with Crippen molar-refractivity contribution in [3.63, 3.8) is 0 Å². The Morgan fingerprint density at radius 1 is 0.900 bits per heavy atom. The highest BCUT2D eigenvalue weighted by Gasteiger charge is 2.34. The number of amides is 2. The van der Waals surface area contributed by atoms with Crippen molar-refractivity contribution in [2.45, 2.75) is 44.7 Å². The van der Waals surface area contributed by atoms with E-state index in [0.29, 0.717) is 18.7 Å². The van der Waals surface area contributed by atoms with Gasteiger partial charge in [0, 0.05) is 13.1 Å². The third-order valence-corrected chi connectivity index (χ3v) is 8.39. The van der Waals surface area contributed by atoms with E-state index in [1.807, 2.05) is 45.0 Å². The Labute approximate surface area is 236 Å². The maximum absolute atomic E-state index is 14.1. The fourth-order valence-corrected chi connectivity index (χ4v) is 5.83. The van der Waals surface area contributed by atoms with Crippen molar-refractivity contribution in [1.29, 1.82) is 0 Å². The van der Waals surface area contributed by atoms with Crippen LogP contribution in [0, 0.1) is 6.92 Å². The second kappa shape index (κ2) is 13.8. The molecule has 40 heavy (non-hydrogen) atoms. The number of rotatable bonds is 13. The standard InChI is InChI=1S/C30H37N3O6S/c1-6-26(30(35)31-7-2)32(20-23-13-9-8-12-22(23)3)29(34)21-33(27-14-10-11-15-28(27)39-5)40(36,37)25-18-16-24(38-4)17-19-25/h8-19,26H,6-7,20-21H2,1-5H3,(H,31,35)/t26-/m0/s1. The van der Waals surface area contributed by atoms with Gasteiger partial charge >= 0.3 is 0 Å². The highest BCUT2D eigenvalue weighted by atomic mass is 32.2. The first kappa shape index (κ1) is 30.5. The van der Waals surface area contributed by atoms with E-state index in [0.717, 1.165) is 15.4 Å². The minimum atomic E-state index is -4.23. The fourth-order valence-electron chi connectivity index (χ4n) is 4.41. The molecule has 10 heteroatoms. The first-order chi connectivity index (χ1) is 19.2. The number of anilines is 1. The van der Waals surface area contributed by atoms with Gasteiger partial charge in [0.05, 0.1) is 24.8 Å². The number of carbonyl (C=O) groups excluding carboxylic acids is 2. The van der Waals surface area contributed by atoms with Crippen LogP contribution in [0.2, 0.25) is 0 Å². The molecular formula is C30H37N3O6S. The number of para-hydroxylation sites is 2. The van der Waals surface area contributed by atoms with Crippen LogP contribution in [-0.4, -0.2) is 58.5 Å². The first-order valence-electron chi connectivity index (χ1n) is 13.1. The summed E-state index contributed by atoms with van der Waals surface area (Å²) in [5.74, 6) is -0.0391. The third-order valence-electron chi connectivity index (χ3n) is 6.62. The Bertz CT molecular complexity index is 1410. The quantitative estimate of drug-likeness (QED) is 0.333. The molecule has 0 saturated heterocycles. The molecular weight excluding hydrogens is 530 g/mol. The van der Waals surface area contributed by atoms with Gasteiger partial charge in [0.1, 0.15) is 24.1 Å². The van der Waals surface area contributed by atoms with Gasteiger partial charge in [0.25, 0.3) is 10.0 Å². The molecule has 0 saturated carbocycles. The van der Waals surface area contributed by atoms with E-state index in [2.05, 4.69) is 5.32 Å². The van der Waals surface area contributed by atoms with Gasteiger partial charge in [0.2, 0.25) is 11.8 Å². The molecule has 0 heterocycles. The predicted molar refractivity (Wildman–Crippen MR) is 155 cm³/mol. The number of hydrogen-bond acceptors (Lipinski definition) is 6. The summed E-state index contributed by atoms with van der Waals surface area (Å²) >= 11 is 0. The van der Waals surface area contributed by atoms with E-state index >= 15 is 0 Å². The highest BCUT2D eigenvalue weighted by Crippen LogP contribution is 2.33. The summed E-state index contributed by atoms with van der Waals surface area (Å²) in [6, 6.07) is 19.3. The molecule has 9 nitrogen and oxygen atoms in total. The van der Waals surface area contributed by atoms with Crippen molar-refractivity contribution in [2.24, 2.45) is 0 Å². The van der Waals surface area contributed by atoms with Crippen molar-refractivity contribution in [3.8, 4) is 11.5 Å². The SMILES string of the molecule is CCNC(=O)[C@H](CC)N(Cc1ccccc1C)C(=O)CN(c1ccccc1OC)S(=O)(=O)c1ccc(OC)cc1. The van der Waals surface area contributed by atoms with E-state index in [9.17, 15) is 18.0 Å². The smallest absolute Gasteiger partial charge is 0.264 e. The van der Waals surface area contributed by atoms with E-state index in [1.165, 1.54) is 31.3 Å². The van der Waals surface area contributed by atoms with Crippen molar-refractivity contribution in [1.82, 2.24) is 10.2 Å². The molecule has 0 aliphatic carbocycles. The lowest BCUT2D eigenvalue weighted by atomic mass is 10.1. The Morgan fingerprint density at radius 3 is 2.15 bits per heavy atom. The number of aryl methyl sites for hydroxylation is 1. The van der Waals surface area contributed by atoms with Gasteiger partial charge in [-0.2, -0.15) is 0 Å². The minimum Gasteiger partial charge on any atom is -0.497 e. The van der Waals surface area contributed by atoms with Crippen LogP contribution >= 0.6 is 0 Å². The van der Waals surface area contributed by atoms with E-state index < -0.39 is 28.5 Å². The zero-order valence-corrected chi connectivity index (χ0v) is 24.4. The molecule has 0 fully saturated rings. The number of sulfonamides is 1. The second-order valence-electron chi connectivity index (χ2n) is 9.13. The van der Waals surface area contributed by atoms with Crippen LogP contribution in [-0.2, 0) is 26.2 Å². The number of methoxy groups -OCH3 is 2. The van der Waals surface area contributed by atoms with Gasteiger partial charge in [-0.05, 0) is 67.8 Å². The van der Waals surface area contributed by atoms with Crippen LogP contribution in [0.3, 0.4) is 0 Å². The van der Waals surface area contributed by atoms with Gasteiger partial charge in [-0.15, -0.1) is 0 Å².